The number of hydrogen-bond acceptors (Lipinski definition) is 4. The first kappa shape index (κ1) is 21.7. The molecule has 3 aromatic rings. The van der Waals surface area contributed by atoms with Crippen molar-refractivity contribution in [2.75, 3.05) is 17.6 Å². The summed E-state index contributed by atoms with van der Waals surface area (Å²) in [5.74, 6) is -0.639. The number of nitrogens with zero attached hydrogens (tertiary/aromatic N) is 4. The second-order valence-electron chi connectivity index (χ2n) is 7.29. The Morgan fingerprint density at radius 3 is 2.56 bits per heavy atom. The summed E-state index contributed by atoms with van der Waals surface area (Å²) in [6, 6.07) is 1.08. The van der Waals surface area contributed by atoms with Gasteiger partial charge in [-0.25, -0.2) is 14.8 Å². The second kappa shape index (κ2) is 7.57. The van der Waals surface area contributed by atoms with Crippen molar-refractivity contribution in [3.8, 4) is 11.1 Å². The summed E-state index contributed by atoms with van der Waals surface area (Å²) < 4.78 is 80.0. The molecule has 4 heterocycles. The molecule has 3 N–H and O–H groups in total. The normalized spacial score (nSPS) is 17.2. The van der Waals surface area contributed by atoms with Gasteiger partial charge in [0.15, 0.2) is 5.82 Å². The van der Waals surface area contributed by atoms with Crippen LogP contribution in [-0.2, 0) is 6.18 Å². The van der Waals surface area contributed by atoms with Crippen molar-refractivity contribution < 1.29 is 31.1 Å². The van der Waals surface area contributed by atoms with Crippen LogP contribution >= 0.6 is 0 Å². The Bertz CT molecular complexity index is 1170. The molecule has 2 amide bonds. The number of carbonyl (C=O) groups excluding carboxylic acids is 1. The van der Waals surface area contributed by atoms with E-state index in [0.29, 0.717) is 16.1 Å². The van der Waals surface area contributed by atoms with E-state index in [1.165, 1.54) is 35.1 Å². The Morgan fingerprint density at radius 2 is 1.88 bits per heavy atom. The molecule has 0 aliphatic carbocycles. The predicted molar refractivity (Wildman–Crippen MR) is 103 cm³/mol. The number of amides is 2. The third-order valence-electron chi connectivity index (χ3n) is 5.13. The van der Waals surface area contributed by atoms with E-state index in [-0.39, 0.29) is 30.8 Å². The van der Waals surface area contributed by atoms with Crippen LogP contribution in [0.15, 0.2) is 36.8 Å². The maximum absolute atomic E-state index is 13.1. The molecular formula is C19H16F6N6O. The summed E-state index contributed by atoms with van der Waals surface area (Å²) in [6.07, 6.45) is -5.12. The number of nitrogen functional groups attached to an aromatic ring is 1. The van der Waals surface area contributed by atoms with Crippen molar-refractivity contribution in [1.29, 1.82) is 0 Å². The molecule has 1 fully saturated rings. The fourth-order valence-corrected chi connectivity index (χ4v) is 3.61. The fraction of sp³-hybridized carbons (Fsp3) is 0.316. The first-order chi connectivity index (χ1) is 14.9. The zero-order valence-corrected chi connectivity index (χ0v) is 16.2. The molecule has 3 aromatic heterocycles. The Kier molecular flexibility index (Phi) is 5.13. The number of rotatable bonds is 2. The van der Waals surface area contributed by atoms with E-state index in [0.717, 1.165) is 6.07 Å². The minimum absolute atomic E-state index is 0.00591. The van der Waals surface area contributed by atoms with Crippen molar-refractivity contribution in [2.45, 2.75) is 31.2 Å². The molecule has 7 nitrogen and oxygen atoms in total. The predicted octanol–water partition coefficient (Wildman–Crippen LogP) is 4.56. The molecule has 0 aromatic carbocycles. The van der Waals surface area contributed by atoms with Crippen molar-refractivity contribution >= 4 is 23.3 Å². The Labute approximate surface area is 176 Å². The van der Waals surface area contributed by atoms with Crippen molar-refractivity contribution in [3.05, 3.63) is 42.4 Å². The largest absolute Gasteiger partial charge is 0.419 e. The van der Waals surface area contributed by atoms with E-state index < -0.39 is 35.8 Å². The molecule has 13 heteroatoms. The van der Waals surface area contributed by atoms with Gasteiger partial charge in [-0.1, -0.05) is 0 Å². The molecule has 1 aliphatic heterocycles. The monoisotopic (exact) mass is 458 g/mol. The van der Waals surface area contributed by atoms with Crippen LogP contribution in [0.3, 0.4) is 0 Å². The van der Waals surface area contributed by atoms with Crippen LogP contribution < -0.4 is 11.1 Å². The summed E-state index contributed by atoms with van der Waals surface area (Å²) >= 11 is 0. The molecule has 170 valence electrons. The number of halogens is 6. The number of nitrogens with one attached hydrogen (secondary N) is 1. The SMILES string of the molecule is Nc1ncc(-c2ccc3nc(NC(=O)N4CCCC4C(F)(F)F)cn3c2)cc1C(F)(F)F. The van der Waals surface area contributed by atoms with Gasteiger partial charge in [-0.3, -0.25) is 5.32 Å². The zero-order chi connectivity index (χ0) is 23.3. The van der Waals surface area contributed by atoms with Gasteiger partial charge >= 0.3 is 18.4 Å². The third kappa shape index (κ3) is 4.14. The number of anilines is 2. The van der Waals surface area contributed by atoms with Gasteiger partial charge in [0, 0.05) is 30.1 Å². The zero-order valence-electron chi connectivity index (χ0n) is 16.2. The molecule has 1 aliphatic rings. The highest BCUT2D eigenvalue weighted by Gasteiger charge is 2.47. The second-order valence-corrected chi connectivity index (χ2v) is 7.29. The molecule has 4 rings (SSSR count). The first-order valence-electron chi connectivity index (χ1n) is 9.39. The number of alkyl halides is 6. The number of nitrogens with two attached hydrogens (primary N) is 1. The fourth-order valence-electron chi connectivity index (χ4n) is 3.61. The van der Waals surface area contributed by atoms with Crippen LogP contribution in [-0.4, -0.2) is 44.1 Å². The smallest absolute Gasteiger partial charge is 0.383 e. The summed E-state index contributed by atoms with van der Waals surface area (Å²) in [7, 11) is 0. The third-order valence-corrected chi connectivity index (χ3v) is 5.13. The summed E-state index contributed by atoms with van der Waals surface area (Å²) in [5.41, 5.74) is 5.10. The maximum Gasteiger partial charge on any atom is 0.419 e. The van der Waals surface area contributed by atoms with Crippen molar-refractivity contribution in [1.82, 2.24) is 19.3 Å². The molecule has 1 unspecified atom stereocenters. The van der Waals surface area contributed by atoms with Gasteiger partial charge in [-0.15, -0.1) is 0 Å². The van der Waals surface area contributed by atoms with Crippen LogP contribution in [0.5, 0.6) is 0 Å². The maximum atomic E-state index is 13.1. The highest BCUT2D eigenvalue weighted by molar-refractivity contribution is 5.89. The Morgan fingerprint density at radius 1 is 1.12 bits per heavy atom. The van der Waals surface area contributed by atoms with Gasteiger partial charge < -0.3 is 15.0 Å². The number of fused-ring (bicyclic) bond motifs is 1. The van der Waals surface area contributed by atoms with Crippen LogP contribution in [0.25, 0.3) is 16.8 Å². The lowest BCUT2D eigenvalue weighted by Crippen LogP contribution is -2.46. The van der Waals surface area contributed by atoms with Gasteiger partial charge in [0.1, 0.15) is 17.5 Å². The number of likely N-dealkylation sites (tertiary alicyclic amines) is 1. The van der Waals surface area contributed by atoms with Crippen LogP contribution in [0.4, 0.5) is 42.8 Å². The first-order valence-corrected chi connectivity index (χ1v) is 9.39. The van der Waals surface area contributed by atoms with Gasteiger partial charge in [-0.05, 0) is 31.0 Å². The highest BCUT2D eigenvalue weighted by atomic mass is 19.4. The van der Waals surface area contributed by atoms with Gasteiger partial charge in [0.05, 0.1) is 11.8 Å². The summed E-state index contributed by atoms with van der Waals surface area (Å²) in [4.78, 5) is 20.8. The lowest BCUT2D eigenvalue weighted by molar-refractivity contribution is -0.168. The summed E-state index contributed by atoms with van der Waals surface area (Å²) in [5, 5.41) is 2.35. The van der Waals surface area contributed by atoms with E-state index in [2.05, 4.69) is 15.3 Å². The topological polar surface area (TPSA) is 88.5 Å². The molecule has 0 saturated carbocycles. The van der Waals surface area contributed by atoms with E-state index in [4.69, 9.17) is 5.73 Å². The number of aromatic nitrogens is 3. The van der Waals surface area contributed by atoms with Gasteiger partial charge in [-0.2, -0.15) is 26.3 Å². The number of urea groups is 1. The van der Waals surface area contributed by atoms with Crippen molar-refractivity contribution in [3.63, 3.8) is 0 Å². The van der Waals surface area contributed by atoms with Gasteiger partial charge in [0.25, 0.3) is 0 Å². The Hall–Kier alpha value is -3.51. The average Bonchev–Trinajstić information content (AvgIpc) is 3.33. The van der Waals surface area contributed by atoms with E-state index >= 15 is 0 Å². The van der Waals surface area contributed by atoms with Gasteiger partial charge in [0.2, 0.25) is 0 Å². The van der Waals surface area contributed by atoms with E-state index in [9.17, 15) is 31.1 Å². The van der Waals surface area contributed by atoms with Crippen LogP contribution in [0, 0.1) is 0 Å². The number of pyridine rings is 2. The minimum atomic E-state index is -4.67. The van der Waals surface area contributed by atoms with Crippen molar-refractivity contribution in [2.24, 2.45) is 0 Å². The molecule has 32 heavy (non-hydrogen) atoms. The lowest BCUT2D eigenvalue weighted by Gasteiger charge is -2.26. The molecule has 0 bridgehead atoms. The molecule has 0 spiro atoms. The van der Waals surface area contributed by atoms with E-state index in [1.807, 2.05) is 0 Å². The minimum Gasteiger partial charge on any atom is -0.383 e. The van der Waals surface area contributed by atoms with Crippen LogP contribution in [0.1, 0.15) is 18.4 Å². The van der Waals surface area contributed by atoms with Crippen LogP contribution in [0.2, 0.25) is 0 Å². The molecule has 1 atom stereocenters. The quantitative estimate of drug-likeness (QED) is 0.552. The lowest BCUT2D eigenvalue weighted by atomic mass is 10.1. The number of carbonyl (C=O) groups is 1. The number of hydrogen-bond donors (Lipinski definition) is 2. The average molecular weight is 458 g/mol. The summed E-state index contributed by atoms with van der Waals surface area (Å²) in [6.45, 7) is -0.0286. The van der Waals surface area contributed by atoms with E-state index in [1.54, 1.807) is 0 Å². The molecule has 1 saturated heterocycles. The standard InChI is InChI=1S/C19H16F6N6O/c20-18(21,22)12-6-11(7-27-16(12)26)10-3-4-15-28-14(9-30(15)8-10)29-17(32)31-5-1-2-13(31)19(23,24)25/h3-4,6-9,13H,1-2,5H2,(H2,26,27)(H,29,32). The molecule has 0 radical (unpaired) electrons. The highest BCUT2D eigenvalue weighted by Crippen LogP contribution is 2.35. The molecular weight excluding hydrogens is 442 g/mol. The Balaban J connectivity index is 1.58. The number of imidazole rings is 1.